The van der Waals surface area contributed by atoms with E-state index in [1.54, 1.807) is 6.92 Å². The molecule has 0 N–H and O–H groups in total. The summed E-state index contributed by atoms with van der Waals surface area (Å²) < 4.78 is 5.86. The Morgan fingerprint density at radius 1 is 0.912 bits per heavy atom. The highest BCUT2D eigenvalue weighted by Gasteiger charge is 2.67. The Bertz CT molecular complexity index is 996. The fourth-order valence-electron chi connectivity index (χ4n) is 9.86. The number of rotatable bonds is 1. The Morgan fingerprint density at radius 3 is 2.26 bits per heavy atom. The number of ether oxygens (including phenoxy) is 1. The van der Waals surface area contributed by atoms with Crippen molar-refractivity contribution in [3.05, 3.63) is 22.8 Å². The zero-order chi connectivity index (χ0) is 24.9. The molecule has 0 saturated heterocycles. The number of esters is 1. The summed E-state index contributed by atoms with van der Waals surface area (Å²) in [4.78, 5) is 25.5. The van der Waals surface area contributed by atoms with E-state index in [0.29, 0.717) is 17.6 Å². The summed E-state index contributed by atoms with van der Waals surface area (Å²) in [6.07, 6.45) is 12.4. The molecule has 6 atom stereocenters. The molecule has 5 rings (SSSR count). The lowest BCUT2D eigenvalue weighted by Crippen LogP contribution is -2.63. The summed E-state index contributed by atoms with van der Waals surface area (Å²) in [5.41, 5.74) is 4.20. The second-order valence-corrected chi connectivity index (χ2v) is 14.4. The van der Waals surface area contributed by atoms with Crippen LogP contribution in [0.4, 0.5) is 0 Å². The van der Waals surface area contributed by atoms with Crippen molar-refractivity contribution in [2.75, 3.05) is 0 Å². The number of hydrogen-bond acceptors (Lipinski definition) is 3. The summed E-state index contributed by atoms with van der Waals surface area (Å²) in [7, 11) is 0. The van der Waals surface area contributed by atoms with Gasteiger partial charge in [0, 0.05) is 23.3 Å². The largest absolute Gasteiger partial charge is 0.462 e. The SMILES string of the molecule is CC(=O)OC1CCC2(C)C(CCC3(C)C2CC=C2C4=C(CCC(C)(C)C4=O)CCC23C)C1(C)C. The first kappa shape index (κ1) is 24.3. The van der Waals surface area contributed by atoms with Crippen LogP contribution in [0.2, 0.25) is 0 Å². The van der Waals surface area contributed by atoms with Crippen LogP contribution in [-0.4, -0.2) is 17.9 Å². The van der Waals surface area contributed by atoms with Crippen LogP contribution >= 0.6 is 0 Å². The summed E-state index contributed by atoms with van der Waals surface area (Å²) in [6, 6.07) is 0. The van der Waals surface area contributed by atoms with Crippen molar-refractivity contribution in [2.45, 2.75) is 119 Å². The molecule has 34 heavy (non-hydrogen) atoms. The van der Waals surface area contributed by atoms with Crippen molar-refractivity contribution in [1.29, 1.82) is 0 Å². The minimum Gasteiger partial charge on any atom is -0.462 e. The molecule has 0 aromatic rings. The first-order chi connectivity index (χ1) is 15.7. The number of Topliss-reactive ketones (excluding diaryl/α,β-unsaturated/α-hetero) is 1. The maximum atomic E-state index is 13.7. The Balaban J connectivity index is 1.56. The minimum absolute atomic E-state index is 0.0159. The molecule has 0 aromatic heterocycles. The van der Waals surface area contributed by atoms with Gasteiger partial charge in [-0.3, -0.25) is 9.59 Å². The lowest BCUT2D eigenvalue weighted by Gasteiger charge is -2.69. The molecule has 0 aromatic carbocycles. The quantitative estimate of drug-likeness (QED) is 0.374. The van der Waals surface area contributed by atoms with Crippen molar-refractivity contribution in [3.63, 3.8) is 0 Å². The molecule has 0 aliphatic heterocycles. The van der Waals surface area contributed by atoms with Crippen molar-refractivity contribution >= 4 is 11.8 Å². The van der Waals surface area contributed by atoms with E-state index in [2.05, 4.69) is 54.5 Å². The fraction of sp³-hybridized carbons (Fsp3) is 0.806. The molecular weight excluding hydrogens is 420 g/mol. The van der Waals surface area contributed by atoms with Gasteiger partial charge in [0.05, 0.1) is 0 Å². The average molecular weight is 467 g/mol. The Kier molecular flexibility index (Phi) is 5.24. The summed E-state index contributed by atoms with van der Waals surface area (Å²) in [5, 5.41) is 0. The maximum absolute atomic E-state index is 13.7. The third-order valence-corrected chi connectivity index (χ3v) is 12.2. The Labute approximate surface area is 207 Å². The van der Waals surface area contributed by atoms with Crippen LogP contribution in [0, 0.1) is 38.9 Å². The molecule has 188 valence electrons. The van der Waals surface area contributed by atoms with E-state index < -0.39 is 0 Å². The van der Waals surface area contributed by atoms with Crippen LogP contribution in [0.25, 0.3) is 0 Å². The third-order valence-electron chi connectivity index (χ3n) is 12.2. The molecule has 2 saturated carbocycles. The predicted octanol–water partition coefficient (Wildman–Crippen LogP) is 7.59. The van der Waals surface area contributed by atoms with Gasteiger partial charge in [-0.1, -0.05) is 60.1 Å². The first-order valence-corrected chi connectivity index (χ1v) is 13.8. The molecule has 0 heterocycles. The van der Waals surface area contributed by atoms with Crippen molar-refractivity contribution in [2.24, 2.45) is 38.9 Å². The van der Waals surface area contributed by atoms with Crippen LogP contribution in [-0.2, 0) is 14.3 Å². The average Bonchev–Trinajstić information content (AvgIpc) is 2.73. The topological polar surface area (TPSA) is 43.4 Å². The highest BCUT2D eigenvalue weighted by molar-refractivity contribution is 6.05. The van der Waals surface area contributed by atoms with Gasteiger partial charge in [-0.05, 0) is 91.4 Å². The fourth-order valence-corrected chi connectivity index (χ4v) is 9.86. The number of carbonyl (C=O) groups excluding carboxylic acids is 2. The number of carbonyl (C=O) groups is 2. The summed E-state index contributed by atoms with van der Waals surface area (Å²) in [6.45, 7) is 18.2. The molecule has 5 aliphatic rings. The molecule has 3 nitrogen and oxygen atoms in total. The molecule has 5 aliphatic carbocycles. The van der Waals surface area contributed by atoms with Gasteiger partial charge in [0.2, 0.25) is 0 Å². The van der Waals surface area contributed by atoms with Gasteiger partial charge in [-0.25, -0.2) is 0 Å². The van der Waals surface area contributed by atoms with E-state index >= 15 is 0 Å². The second kappa shape index (κ2) is 7.32. The third kappa shape index (κ3) is 3.00. The van der Waals surface area contributed by atoms with E-state index in [-0.39, 0.29) is 39.1 Å². The number of fused-ring (bicyclic) bond motifs is 6. The van der Waals surface area contributed by atoms with Gasteiger partial charge in [0.15, 0.2) is 5.78 Å². The predicted molar refractivity (Wildman–Crippen MR) is 136 cm³/mol. The highest BCUT2D eigenvalue weighted by atomic mass is 16.5. The molecule has 6 unspecified atom stereocenters. The van der Waals surface area contributed by atoms with Crippen LogP contribution in [0.15, 0.2) is 22.8 Å². The standard InChI is InChI=1S/C31H46O3/c1-19(32)34-24-14-16-29(6)22(28(24,4)5)13-18-31(8)23(29)10-9-21-25-20(12-17-30(21,31)7)11-15-27(2,3)26(25)33/h9,22-24H,10-18H2,1-8H3. The number of hydrogen-bond donors (Lipinski definition) is 0. The van der Waals surface area contributed by atoms with Gasteiger partial charge >= 0.3 is 5.97 Å². The monoisotopic (exact) mass is 466 g/mol. The van der Waals surface area contributed by atoms with Crippen LogP contribution in [0.1, 0.15) is 113 Å². The molecule has 0 amide bonds. The van der Waals surface area contributed by atoms with Crippen molar-refractivity contribution in [3.8, 4) is 0 Å². The molecule has 0 bridgehead atoms. The molecule has 3 heteroatoms. The highest BCUT2D eigenvalue weighted by Crippen LogP contribution is 2.73. The van der Waals surface area contributed by atoms with E-state index in [9.17, 15) is 9.59 Å². The van der Waals surface area contributed by atoms with E-state index in [1.807, 2.05) is 0 Å². The van der Waals surface area contributed by atoms with Gasteiger partial charge in [0.25, 0.3) is 0 Å². The van der Waals surface area contributed by atoms with E-state index in [4.69, 9.17) is 4.74 Å². The van der Waals surface area contributed by atoms with E-state index in [1.165, 1.54) is 30.4 Å². The van der Waals surface area contributed by atoms with E-state index in [0.717, 1.165) is 44.1 Å². The smallest absolute Gasteiger partial charge is 0.302 e. The zero-order valence-corrected chi connectivity index (χ0v) is 22.9. The molecule has 2 fully saturated rings. The molecule has 0 spiro atoms. The lowest BCUT2D eigenvalue weighted by atomic mass is 9.35. The van der Waals surface area contributed by atoms with Crippen molar-refractivity contribution < 1.29 is 14.3 Å². The minimum atomic E-state index is -0.238. The van der Waals surface area contributed by atoms with Crippen LogP contribution in [0.3, 0.4) is 0 Å². The Hall–Kier alpha value is -1.38. The summed E-state index contributed by atoms with van der Waals surface area (Å²) in [5.74, 6) is 1.39. The van der Waals surface area contributed by atoms with Crippen molar-refractivity contribution in [1.82, 2.24) is 0 Å². The summed E-state index contributed by atoms with van der Waals surface area (Å²) >= 11 is 0. The Morgan fingerprint density at radius 2 is 1.59 bits per heavy atom. The number of ketones is 1. The van der Waals surface area contributed by atoms with Gasteiger partial charge in [0.1, 0.15) is 6.10 Å². The normalized spacial score (nSPS) is 44.8. The second-order valence-electron chi connectivity index (χ2n) is 14.4. The van der Waals surface area contributed by atoms with Crippen LogP contribution in [0.5, 0.6) is 0 Å². The number of allylic oxidation sites excluding steroid dienone is 4. The van der Waals surface area contributed by atoms with Crippen LogP contribution < -0.4 is 0 Å². The molecule has 0 radical (unpaired) electrons. The zero-order valence-electron chi connectivity index (χ0n) is 22.9. The maximum Gasteiger partial charge on any atom is 0.302 e. The lowest BCUT2D eigenvalue weighted by molar-refractivity contribution is -0.206. The van der Waals surface area contributed by atoms with Gasteiger partial charge in [-0.2, -0.15) is 0 Å². The van der Waals surface area contributed by atoms with Gasteiger partial charge < -0.3 is 4.74 Å². The molecular formula is C31H46O3. The van der Waals surface area contributed by atoms with Gasteiger partial charge in [-0.15, -0.1) is 0 Å². The first-order valence-electron chi connectivity index (χ1n) is 13.8.